The van der Waals surface area contributed by atoms with Gasteiger partial charge in [0.15, 0.2) is 0 Å². The second kappa shape index (κ2) is 7.45. The van der Waals surface area contributed by atoms with Crippen LogP contribution in [-0.4, -0.2) is 46.9 Å². The lowest BCUT2D eigenvalue weighted by molar-refractivity contribution is 0.0562. The average molecular weight is 324 g/mol. The minimum Gasteiger partial charge on any atom is -0.397 e. The van der Waals surface area contributed by atoms with Gasteiger partial charge in [0.1, 0.15) is 0 Å². The number of carbonyl (C=O) groups excluding carboxylic acids is 1. The van der Waals surface area contributed by atoms with Gasteiger partial charge in [-0.05, 0) is 18.1 Å². The van der Waals surface area contributed by atoms with Gasteiger partial charge in [0.05, 0.1) is 11.3 Å². The van der Waals surface area contributed by atoms with Gasteiger partial charge in [0.2, 0.25) is 0 Å². The minimum atomic E-state index is 0.0159. The van der Waals surface area contributed by atoms with Gasteiger partial charge in [-0.3, -0.25) is 14.7 Å². The van der Waals surface area contributed by atoms with Crippen LogP contribution >= 0.6 is 0 Å². The van der Waals surface area contributed by atoms with E-state index < -0.39 is 0 Å². The number of anilines is 1. The number of nitrogen functional groups attached to an aromatic ring is 1. The summed E-state index contributed by atoms with van der Waals surface area (Å²) in [5, 5.41) is 0. The lowest BCUT2D eigenvalue weighted by Gasteiger charge is -2.39. The molecule has 0 radical (unpaired) electrons. The molecule has 0 spiro atoms. The van der Waals surface area contributed by atoms with Crippen molar-refractivity contribution in [2.75, 3.05) is 31.9 Å². The van der Waals surface area contributed by atoms with E-state index in [0.29, 0.717) is 17.3 Å². The highest BCUT2D eigenvalue weighted by molar-refractivity contribution is 5.94. The van der Waals surface area contributed by atoms with E-state index in [2.05, 4.69) is 41.1 Å². The molecule has 1 atom stereocenters. The molecule has 1 aliphatic rings. The summed E-state index contributed by atoms with van der Waals surface area (Å²) >= 11 is 0. The molecule has 1 aliphatic heterocycles. The smallest absolute Gasteiger partial charge is 0.255 e. The van der Waals surface area contributed by atoms with Crippen LogP contribution in [0.3, 0.4) is 0 Å². The maximum Gasteiger partial charge on any atom is 0.255 e. The predicted octanol–water partition coefficient (Wildman–Crippen LogP) is 2.57. The summed E-state index contributed by atoms with van der Waals surface area (Å²) in [4.78, 5) is 21.0. The van der Waals surface area contributed by atoms with Crippen molar-refractivity contribution in [2.45, 2.75) is 19.4 Å². The SMILES string of the molecule is CCC(c1ccccc1)N1CCN(C(=O)c2cncc(N)c2)CC1. The van der Waals surface area contributed by atoms with Crippen molar-refractivity contribution in [3.8, 4) is 0 Å². The number of hydrogen-bond donors (Lipinski definition) is 1. The van der Waals surface area contributed by atoms with Gasteiger partial charge in [-0.15, -0.1) is 0 Å². The highest BCUT2D eigenvalue weighted by Crippen LogP contribution is 2.25. The fraction of sp³-hybridized carbons (Fsp3) is 0.368. The van der Waals surface area contributed by atoms with Gasteiger partial charge in [0, 0.05) is 44.6 Å². The molecule has 1 amide bonds. The van der Waals surface area contributed by atoms with E-state index in [0.717, 1.165) is 32.6 Å². The van der Waals surface area contributed by atoms with Crippen LogP contribution in [0, 0.1) is 0 Å². The maximum atomic E-state index is 12.6. The van der Waals surface area contributed by atoms with Crippen LogP contribution in [0.4, 0.5) is 5.69 Å². The molecule has 2 N–H and O–H groups in total. The van der Waals surface area contributed by atoms with Crippen molar-refractivity contribution in [3.63, 3.8) is 0 Å². The van der Waals surface area contributed by atoms with Crippen molar-refractivity contribution in [3.05, 3.63) is 59.9 Å². The minimum absolute atomic E-state index is 0.0159. The zero-order chi connectivity index (χ0) is 16.9. The molecule has 1 unspecified atom stereocenters. The Bertz CT molecular complexity index is 681. The van der Waals surface area contributed by atoms with Gasteiger partial charge in [-0.25, -0.2) is 0 Å². The summed E-state index contributed by atoms with van der Waals surface area (Å²) in [5.41, 5.74) is 8.17. The summed E-state index contributed by atoms with van der Waals surface area (Å²) in [6.07, 6.45) is 4.21. The van der Waals surface area contributed by atoms with Gasteiger partial charge in [0.25, 0.3) is 5.91 Å². The second-order valence-electron chi connectivity index (χ2n) is 6.17. The first kappa shape index (κ1) is 16.5. The number of rotatable bonds is 4. The first-order valence-electron chi connectivity index (χ1n) is 8.48. The summed E-state index contributed by atoms with van der Waals surface area (Å²) in [6, 6.07) is 12.7. The van der Waals surface area contributed by atoms with Crippen LogP contribution in [-0.2, 0) is 0 Å². The molecule has 1 aromatic heterocycles. The van der Waals surface area contributed by atoms with E-state index in [1.165, 1.54) is 5.56 Å². The average Bonchev–Trinajstić information content (AvgIpc) is 2.63. The molecule has 2 heterocycles. The first-order chi connectivity index (χ1) is 11.7. The number of piperazine rings is 1. The third kappa shape index (κ3) is 3.57. The van der Waals surface area contributed by atoms with E-state index in [9.17, 15) is 4.79 Å². The monoisotopic (exact) mass is 324 g/mol. The standard InChI is InChI=1S/C19H24N4O/c1-2-18(15-6-4-3-5-7-15)22-8-10-23(11-9-22)19(24)16-12-17(20)14-21-13-16/h3-7,12-14,18H,2,8-11,20H2,1H3. The van der Waals surface area contributed by atoms with Gasteiger partial charge in [-0.1, -0.05) is 37.3 Å². The van der Waals surface area contributed by atoms with E-state index in [4.69, 9.17) is 5.73 Å². The van der Waals surface area contributed by atoms with E-state index in [1.807, 2.05) is 11.0 Å². The highest BCUT2D eigenvalue weighted by Gasteiger charge is 2.26. The molecule has 0 aliphatic carbocycles. The molecule has 0 saturated carbocycles. The van der Waals surface area contributed by atoms with Crippen molar-refractivity contribution in [1.82, 2.24) is 14.8 Å². The topological polar surface area (TPSA) is 62.5 Å². The Morgan fingerprint density at radius 3 is 2.50 bits per heavy atom. The Hall–Kier alpha value is -2.40. The Balaban J connectivity index is 1.64. The van der Waals surface area contributed by atoms with Crippen LogP contribution in [0.2, 0.25) is 0 Å². The number of amides is 1. The summed E-state index contributed by atoms with van der Waals surface area (Å²) < 4.78 is 0. The molecule has 126 valence electrons. The Labute approximate surface area is 143 Å². The number of benzene rings is 1. The van der Waals surface area contributed by atoms with Crippen LogP contribution in [0.25, 0.3) is 0 Å². The third-order valence-corrected chi connectivity index (χ3v) is 4.62. The molecular weight excluding hydrogens is 300 g/mol. The molecule has 1 saturated heterocycles. The van der Waals surface area contributed by atoms with E-state index >= 15 is 0 Å². The lowest BCUT2D eigenvalue weighted by Crippen LogP contribution is -2.49. The highest BCUT2D eigenvalue weighted by atomic mass is 16.2. The maximum absolute atomic E-state index is 12.6. The predicted molar refractivity (Wildman–Crippen MR) is 95.6 cm³/mol. The number of hydrogen-bond acceptors (Lipinski definition) is 4. The van der Waals surface area contributed by atoms with E-state index in [1.54, 1.807) is 18.5 Å². The van der Waals surface area contributed by atoms with Crippen LogP contribution in [0.1, 0.15) is 35.3 Å². The number of carbonyl (C=O) groups is 1. The molecule has 5 nitrogen and oxygen atoms in total. The van der Waals surface area contributed by atoms with Gasteiger partial charge < -0.3 is 10.6 Å². The molecule has 1 fully saturated rings. The number of nitrogens with zero attached hydrogens (tertiary/aromatic N) is 3. The Morgan fingerprint density at radius 1 is 1.17 bits per heavy atom. The summed E-state index contributed by atoms with van der Waals surface area (Å²) in [6.45, 7) is 5.45. The normalized spacial score (nSPS) is 16.8. The second-order valence-corrected chi connectivity index (χ2v) is 6.17. The molecule has 1 aromatic carbocycles. The Kier molecular flexibility index (Phi) is 5.11. The molecule has 3 rings (SSSR count). The van der Waals surface area contributed by atoms with Crippen molar-refractivity contribution >= 4 is 11.6 Å². The van der Waals surface area contributed by atoms with Crippen molar-refractivity contribution in [2.24, 2.45) is 0 Å². The Morgan fingerprint density at radius 2 is 1.88 bits per heavy atom. The molecule has 2 aromatic rings. The van der Waals surface area contributed by atoms with Crippen molar-refractivity contribution in [1.29, 1.82) is 0 Å². The van der Waals surface area contributed by atoms with Crippen molar-refractivity contribution < 1.29 is 4.79 Å². The molecule has 0 bridgehead atoms. The van der Waals surface area contributed by atoms with Crippen LogP contribution < -0.4 is 5.73 Å². The molecule has 24 heavy (non-hydrogen) atoms. The van der Waals surface area contributed by atoms with E-state index in [-0.39, 0.29) is 5.91 Å². The summed E-state index contributed by atoms with van der Waals surface area (Å²) in [7, 11) is 0. The van der Waals surface area contributed by atoms with Gasteiger partial charge in [-0.2, -0.15) is 0 Å². The zero-order valence-corrected chi connectivity index (χ0v) is 14.1. The summed E-state index contributed by atoms with van der Waals surface area (Å²) in [5.74, 6) is 0.0159. The van der Waals surface area contributed by atoms with Crippen LogP contribution in [0.15, 0.2) is 48.8 Å². The fourth-order valence-corrected chi connectivity index (χ4v) is 3.37. The first-order valence-corrected chi connectivity index (χ1v) is 8.48. The van der Waals surface area contributed by atoms with Gasteiger partial charge >= 0.3 is 0 Å². The zero-order valence-electron chi connectivity index (χ0n) is 14.1. The third-order valence-electron chi connectivity index (χ3n) is 4.62. The molecule has 5 heteroatoms. The molecular formula is C19H24N4O. The number of aromatic nitrogens is 1. The van der Waals surface area contributed by atoms with Crippen LogP contribution in [0.5, 0.6) is 0 Å². The fourth-order valence-electron chi connectivity index (χ4n) is 3.37. The quantitative estimate of drug-likeness (QED) is 0.939. The largest absolute Gasteiger partial charge is 0.397 e. The number of pyridine rings is 1. The number of nitrogens with two attached hydrogens (primary N) is 1. The lowest BCUT2D eigenvalue weighted by atomic mass is 10.0.